The van der Waals surface area contributed by atoms with Crippen molar-refractivity contribution in [3.63, 3.8) is 0 Å². The number of amides is 1. The van der Waals surface area contributed by atoms with Crippen LogP contribution in [0.5, 0.6) is 0 Å². The van der Waals surface area contributed by atoms with Gasteiger partial charge in [0, 0.05) is 23.6 Å². The molecule has 0 aliphatic heterocycles. The summed E-state index contributed by atoms with van der Waals surface area (Å²) >= 11 is 0. The summed E-state index contributed by atoms with van der Waals surface area (Å²) in [6.07, 6.45) is 0.317. The second kappa shape index (κ2) is 2.92. The van der Waals surface area contributed by atoms with Gasteiger partial charge < -0.3 is 11.5 Å². The number of Topliss-reactive ketones (excluding diaryl/α,β-unsaturated/α-hetero) is 1. The van der Waals surface area contributed by atoms with Gasteiger partial charge in [-0.05, 0) is 17.7 Å². The zero-order chi connectivity index (χ0) is 10.3. The largest absolute Gasteiger partial charge is 0.366 e. The van der Waals surface area contributed by atoms with Gasteiger partial charge in [-0.25, -0.2) is 0 Å². The minimum Gasteiger partial charge on any atom is -0.366 e. The Kier molecular flexibility index (Phi) is 1.86. The van der Waals surface area contributed by atoms with Crippen molar-refractivity contribution >= 4 is 11.7 Å². The van der Waals surface area contributed by atoms with Crippen molar-refractivity contribution in [1.29, 1.82) is 0 Å². The molecule has 1 unspecified atom stereocenters. The Morgan fingerprint density at radius 1 is 1.43 bits per heavy atom. The van der Waals surface area contributed by atoms with Gasteiger partial charge in [0.25, 0.3) is 0 Å². The number of primary amides is 1. The van der Waals surface area contributed by atoms with Gasteiger partial charge in [-0.1, -0.05) is 6.07 Å². The lowest BCUT2D eigenvalue weighted by molar-refractivity contribution is 0.0983. The van der Waals surface area contributed by atoms with Crippen molar-refractivity contribution in [3.05, 3.63) is 34.9 Å². The number of carbonyl (C=O) groups is 2. The number of benzene rings is 1. The second-order valence-corrected chi connectivity index (χ2v) is 3.40. The predicted molar refractivity (Wildman–Crippen MR) is 50.8 cm³/mol. The minimum absolute atomic E-state index is 0.0310. The Balaban J connectivity index is 2.55. The normalized spacial score (nSPS) is 19.5. The van der Waals surface area contributed by atoms with Gasteiger partial charge in [0.1, 0.15) is 0 Å². The minimum atomic E-state index is -0.501. The predicted octanol–water partition coefficient (Wildman–Crippen LogP) is 0.372. The van der Waals surface area contributed by atoms with Crippen LogP contribution in [0, 0.1) is 0 Å². The first-order valence-electron chi connectivity index (χ1n) is 4.32. The Labute approximate surface area is 80.9 Å². The first-order valence-corrected chi connectivity index (χ1v) is 4.32. The van der Waals surface area contributed by atoms with Crippen molar-refractivity contribution in [3.8, 4) is 0 Å². The highest BCUT2D eigenvalue weighted by atomic mass is 16.1. The quantitative estimate of drug-likeness (QED) is 0.670. The van der Waals surface area contributed by atoms with Crippen LogP contribution in [0.1, 0.15) is 38.7 Å². The molecule has 0 saturated heterocycles. The second-order valence-electron chi connectivity index (χ2n) is 3.40. The summed E-state index contributed by atoms with van der Waals surface area (Å²) in [6.45, 7) is 0. The van der Waals surface area contributed by atoms with Gasteiger partial charge in [-0.3, -0.25) is 9.59 Å². The third-order valence-corrected chi connectivity index (χ3v) is 2.44. The van der Waals surface area contributed by atoms with E-state index in [4.69, 9.17) is 11.5 Å². The molecule has 14 heavy (non-hydrogen) atoms. The van der Waals surface area contributed by atoms with Crippen LogP contribution in [-0.2, 0) is 0 Å². The van der Waals surface area contributed by atoms with E-state index in [9.17, 15) is 9.59 Å². The topological polar surface area (TPSA) is 86.2 Å². The molecular weight excluding hydrogens is 180 g/mol. The van der Waals surface area contributed by atoms with Crippen LogP contribution in [0.25, 0.3) is 0 Å². The molecule has 0 bridgehead atoms. The molecule has 0 fully saturated rings. The summed E-state index contributed by atoms with van der Waals surface area (Å²) in [5, 5.41) is 0. The highest BCUT2D eigenvalue weighted by molar-refractivity contribution is 6.03. The summed E-state index contributed by atoms with van der Waals surface area (Å²) in [6, 6.07) is 4.48. The van der Waals surface area contributed by atoms with Gasteiger partial charge in [0.15, 0.2) is 5.78 Å². The van der Waals surface area contributed by atoms with Gasteiger partial charge in [-0.15, -0.1) is 0 Å². The van der Waals surface area contributed by atoms with Crippen LogP contribution in [0.15, 0.2) is 18.2 Å². The number of hydrogen-bond acceptors (Lipinski definition) is 3. The van der Waals surface area contributed by atoms with E-state index in [2.05, 4.69) is 0 Å². The average Bonchev–Trinajstić information content (AvgIpc) is 2.42. The molecule has 1 amide bonds. The molecule has 4 heteroatoms. The number of ketones is 1. The molecule has 72 valence electrons. The number of rotatable bonds is 1. The number of fused-ring (bicyclic) bond motifs is 1. The fourth-order valence-corrected chi connectivity index (χ4v) is 1.70. The summed E-state index contributed by atoms with van der Waals surface area (Å²) in [5.41, 5.74) is 12.6. The van der Waals surface area contributed by atoms with Crippen molar-refractivity contribution in [2.75, 3.05) is 0 Å². The smallest absolute Gasteiger partial charge is 0.248 e. The van der Waals surface area contributed by atoms with Crippen LogP contribution >= 0.6 is 0 Å². The molecule has 1 atom stereocenters. The van der Waals surface area contributed by atoms with E-state index in [1.165, 1.54) is 0 Å². The first kappa shape index (κ1) is 8.90. The highest BCUT2D eigenvalue weighted by Gasteiger charge is 2.26. The van der Waals surface area contributed by atoms with Gasteiger partial charge in [0.05, 0.1) is 0 Å². The molecule has 0 radical (unpaired) electrons. The van der Waals surface area contributed by atoms with Gasteiger partial charge >= 0.3 is 0 Å². The summed E-state index contributed by atoms with van der Waals surface area (Å²) in [7, 11) is 0. The molecule has 1 aliphatic carbocycles. The molecule has 4 nitrogen and oxygen atoms in total. The molecule has 0 heterocycles. The Morgan fingerprint density at radius 3 is 2.79 bits per heavy atom. The fourth-order valence-electron chi connectivity index (χ4n) is 1.70. The van der Waals surface area contributed by atoms with Crippen LogP contribution in [0.3, 0.4) is 0 Å². The zero-order valence-electron chi connectivity index (χ0n) is 7.49. The molecule has 0 spiro atoms. The van der Waals surface area contributed by atoms with Crippen LogP contribution in [0.4, 0.5) is 0 Å². The van der Waals surface area contributed by atoms with E-state index in [1.807, 2.05) is 0 Å². The lowest BCUT2D eigenvalue weighted by Gasteiger charge is -2.04. The van der Waals surface area contributed by atoms with E-state index in [0.717, 1.165) is 5.56 Å². The fraction of sp³-hybridized carbons (Fsp3) is 0.200. The molecule has 1 aliphatic rings. The van der Waals surface area contributed by atoms with Crippen molar-refractivity contribution in [1.82, 2.24) is 0 Å². The maximum absolute atomic E-state index is 11.4. The molecule has 1 aromatic rings. The van der Waals surface area contributed by atoms with Crippen LogP contribution in [0.2, 0.25) is 0 Å². The molecule has 2 rings (SSSR count). The maximum atomic E-state index is 11.4. The maximum Gasteiger partial charge on any atom is 0.248 e. The van der Waals surface area contributed by atoms with Gasteiger partial charge in [-0.2, -0.15) is 0 Å². The number of hydrogen-bond donors (Lipinski definition) is 2. The van der Waals surface area contributed by atoms with Crippen molar-refractivity contribution in [2.45, 2.75) is 12.5 Å². The van der Waals surface area contributed by atoms with E-state index in [-0.39, 0.29) is 11.8 Å². The van der Waals surface area contributed by atoms with Gasteiger partial charge in [0.2, 0.25) is 5.91 Å². The number of nitrogens with two attached hydrogens (primary N) is 2. The number of carbonyl (C=O) groups excluding carboxylic acids is 2. The summed E-state index contributed by atoms with van der Waals surface area (Å²) in [4.78, 5) is 22.2. The van der Waals surface area contributed by atoms with Crippen LogP contribution in [-0.4, -0.2) is 11.7 Å². The summed E-state index contributed by atoms with van der Waals surface area (Å²) in [5.74, 6) is -0.470. The van der Waals surface area contributed by atoms with E-state index >= 15 is 0 Å². The average molecular weight is 190 g/mol. The zero-order valence-corrected chi connectivity index (χ0v) is 7.49. The monoisotopic (exact) mass is 190 g/mol. The lowest BCUT2D eigenvalue weighted by Crippen LogP contribution is -2.12. The third kappa shape index (κ3) is 1.20. The van der Waals surface area contributed by atoms with Crippen molar-refractivity contribution in [2.24, 2.45) is 11.5 Å². The SMILES string of the molecule is NC(=O)c1ccc2c(c1)C(N)CC2=O. The van der Waals surface area contributed by atoms with E-state index < -0.39 is 5.91 Å². The van der Waals surface area contributed by atoms with E-state index in [1.54, 1.807) is 18.2 Å². The molecule has 1 aromatic carbocycles. The third-order valence-electron chi connectivity index (χ3n) is 2.44. The molecule has 0 saturated carbocycles. The van der Waals surface area contributed by atoms with Crippen molar-refractivity contribution < 1.29 is 9.59 Å². The lowest BCUT2D eigenvalue weighted by atomic mass is 10.0. The van der Waals surface area contributed by atoms with E-state index in [0.29, 0.717) is 17.5 Å². The summed E-state index contributed by atoms with van der Waals surface area (Å²) < 4.78 is 0. The Bertz CT molecular complexity index is 426. The molecular formula is C10H10N2O2. The highest BCUT2D eigenvalue weighted by Crippen LogP contribution is 2.29. The molecule has 0 aromatic heterocycles. The Hall–Kier alpha value is -1.68. The molecule has 4 N–H and O–H groups in total. The first-order chi connectivity index (χ1) is 6.59. The van der Waals surface area contributed by atoms with Crippen LogP contribution < -0.4 is 11.5 Å². The standard InChI is InChI=1S/C10H10N2O2/c11-8-4-9(13)6-2-1-5(10(12)14)3-7(6)8/h1-3,8H,4,11H2,(H2,12,14). The Morgan fingerprint density at radius 2 is 2.14 bits per heavy atom.